The average molecular weight is 245 g/mol. The summed E-state index contributed by atoms with van der Waals surface area (Å²) in [6, 6.07) is 0. The summed E-state index contributed by atoms with van der Waals surface area (Å²) in [4.78, 5) is 2.84. The van der Waals surface area contributed by atoms with Gasteiger partial charge in [0.25, 0.3) is 6.43 Å². The normalized spacial score (nSPS) is 12.0. The highest BCUT2D eigenvalue weighted by atomic mass is 19.4. The van der Waals surface area contributed by atoms with Crippen molar-refractivity contribution >= 4 is 0 Å². The topological polar surface area (TPSA) is 22.1 Å². The minimum absolute atomic E-state index is 0.0132. The Balaban J connectivity index is 3.41. The van der Waals surface area contributed by atoms with Crippen LogP contribution in [0.4, 0.5) is 26.3 Å². The molecule has 0 N–H and O–H groups in total. The van der Waals surface area contributed by atoms with Gasteiger partial charge in [-0.3, -0.25) is 4.98 Å². The third-order valence-corrected chi connectivity index (χ3v) is 1.72. The Bertz CT molecular complexity index is 389. The minimum atomic E-state index is -5.01. The van der Waals surface area contributed by atoms with Gasteiger partial charge in [0, 0.05) is 6.20 Å². The molecule has 2 nitrogen and oxygen atoms in total. The van der Waals surface area contributed by atoms with Gasteiger partial charge < -0.3 is 4.74 Å². The van der Waals surface area contributed by atoms with Gasteiger partial charge in [0.05, 0.1) is 7.11 Å². The third kappa shape index (κ3) is 2.20. The van der Waals surface area contributed by atoms with E-state index in [4.69, 9.17) is 0 Å². The van der Waals surface area contributed by atoms with E-state index in [0.717, 1.165) is 7.11 Å². The highest BCUT2D eigenvalue weighted by molar-refractivity contribution is 5.35. The second kappa shape index (κ2) is 4.18. The highest BCUT2D eigenvalue weighted by Crippen LogP contribution is 2.37. The number of hydrogen-bond donors (Lipinski definition) is 0. The quantitative estimate of drug-likeness (QED) is 0.746. The first-order valence-electron chi connectivity index (χ1n) is 3.86. The van der Waals surface area contributed by atoms with Crippen LogP contribution in [0.25, 0.3) is 0 Å². The van der Waals surface area contributed by atoms with Crippen molar-refractivity contribution in [2.75, 3.05) is 7.11 Å². The molecule has 8 heteroatoms. The molecular weight excluding hydrogens is 240 g/mol. The molecule has 1 heterocycles. The molecule has 0 unspecified atom stereocenters. The number of hydrogen-bond acceptors (Lipinski definition) is 2. The van der Waals surface area contributed by atoms with E-state index in [9.17, 15) is 26.3 Å². The summed E-state index contributed by atoms with van der Waals surface area (Å²) in [5.74, 6) is -3.08. The van der Waals surface area contributed by atoms with Crippen LogP contribution >= 0.6 is 0 Å². The van der Waals surface area contributed by atoms with Crippen LogP contribution < -0.4 is 4.74 Å². The molecule has 0 amide bonds. The van der Waals surface area contributed by atoms with Crippen molar-refractivity contribution in [2.24, 2.45) is 0 Å². The molecule has 0 aliphatic carbocycles. The van der Waals surface area contributed by atoms with E-state index >= 15 is 0 Å². The summed E-state index contributed by atoms with van der Waals surface area (Å²) in [6.45, 7) is 0. The molecule has 1 aromatic heterocycles. The molecule has 0 aliphatic rings. The maximum atomic E-state index is 13.2. The summed E-state index contributed by atoms with van der Waals surface area (Å²) in [7, 11) is 0.784. The van der Waals surface area contributed by atoms with Gasteiger partial charge in [-0.15, -0.1) is 0 Å². The largest absolute Gasteiger partial charge is 0.492 e. The molecule has 0 aliphatic heterocycles. The van der Waals surface area contributed by atoms with Crippen molar-refractivity contribution in [3.05, 3.63) is 23.3 Å². The van der Waals surface area contributed by atoms with Crippen LogP contribution in [-0.4, -0.2) is 12.1 Å². The highest BCUT2D eigenvalue weighted by Gasteiger charge is 2.37. The Kier molecular flexibility index (Phi) is 3.30. The van der Waals surface area contributed by atoms with Gasteiger partial charge in [-0.25, -0.2) is 13.2 Å². The van der Waals surface area contributed by atoms with Crippen molar-refractivity contribution in [1.29, 1.82) is 0 Å². The maximum absolute atomic E-state index is 13.2. The molecule has 0 bridgehead atoms. The zero-order chi connectivity index (χ0) is 12.5. The second-order valence-corrected chi connectivity index (χ2v) is 2.70. The fourth-order valence-corrected chi connectivity index (χ4v) is 1.03. The minimum Gasteiger partial charge on any atom is -0.492 e. The van der Waals surface area contributed by atoms with E-state index in [-0.39, 0.29) is 6.20 Å². The standard InChI is InChI=1S/C8H5F6NO/c1-16-6-4(9)3(8(12,13)14)2-15-5(6)7(10)11/h2,7H,1H3. The molecule has 0 spiro atoms. The van der Waals surface area contributed by atoms with E-state index in [1.807, 2.05) is 0 Å². The fourth-order valence-electron chi connectivity index (χ4n) is 1.03. The van der Waals surface area contributed by atoms with Crippen molar-refractivity contribution < 1.29 is 31.1 Å². The van der Waals surface area contributed by atoms with E-state index in [2.05, 4.69) is 9.72 Å². The number of rotatable bonds is 2. The maximum Gasteiger partial charge on any atom is 0.420 e. The monoisotopic (exact) mass is 245 g/mol. The van der Waals surface area contributed by atoms with Gasteiger partial charge in [0.15, 0.2) is 17.3 Å². The molecule has 0 atom stereocenters. The number of halogens is 6. The van der Waals surface area contributed by atoms with E-state index in [0.29, 0.717) is 0 Å². The lowest BCUT2D eigenvalue weighted by atomic mass is 10.2. The van der Waals surface area contributed by atoms with Crippen LogP contribution in [-0.2, 0) is 6.18 Å². The first-order chi connectivity index (χ1) is 7.29. The first kappa shape index (κ1) is 12.6. The van der Waals surface area contributed by atoms with E-state index < -0.39 is 35.4 Å². The summed E-state index contributed by atoms with van der Waals surface area (Å²) < 4.78 is 78.3. The van der Waals surface area contributed by atoms with Crippen molar-refractivity contribution in [2.45, 2.75) is 12.6 Å². The lowest BCUT2D eigenvalue weighted by molar-refractivity contribution is -0.140. The summed E-state index contributed by atoms with van der Waals surface area (Å²) >= 11 is 0. The van der Waals surface area contributed by atoms with E-state index in [1.54, 1.807) is 0 Å². The SMILES string of the molecule is COc1c(C(F)F)ncc(C(F)(F)F)c1F. The molecule has 1 rings (SSSR count). The first-order valence-corrected chi connectivity index (χ1v) is 3.86. The van der Waals surface area contributed by atoms with Crippen LogP contribution in [0.2, 0.25) is 0 Å². The number of ether oxygens (including phenoxy) is 1. The van der Waals surface area contributed by atoms with Crippen LogP contribution in [0.3, 0.4) is 0 Å². The number of pyridine rings is 1. The Hall–Kier alpha value is -1.47. The Morgan fingerprint density at radius 3 is 2.25 bits per heavy atom. The molecule has 16 heavy (non-hydrogen) atoms. The van der Waals surface area contributed by atoms with Gasteiger partial charge in [0.2, 0.25) is 0 Å². The Labute approximate surface area is 85.9 Å². The predicted molar refractivity (Wildman–Crippen MR) is 40.7 cm³/mol. The van der Waals surface area contributed by atoms with Crippen molar-refractivity contribution in [3.63, 3.8) is 0 Å². The van der Waals surface area contributed by atoms with Gasteiger partial charge in [0.1, 0.15) is 5.56 Å². The summed E-state index contributed by atoms with van der Waals surface area (Å²) in [6.07, 6.45) is -8.21. The third-order valence-electron chi connectivity index (χ3n) is 1.72. The lowest BCUT2D eigenvalue weighted by Crippen LogP contribution is -2.12. The molecule has 1 aromatic rings. The van der Waals surface area contributed by atoms with Crippen LogP contribution in [0.1, 0.15) is 17.7 Å². The van der Waals surface area contributed by atoms with Crippen LogP contribution in [0.15, 0.2) is 6.20 Å². The lowest BCUT2D eigenvalue weighted by Gasteiger charge is -2.12. The predicted octanol–water partition coefficient (Wildman–Crippen LogP) is 3.19. The molecule has 0 radical (unpaired) electrons. The smallest absolute Gasteiger partial charge is 0.420 e. The van der Waals surface area contributed by atoms with Crippen LogP contribution in [0.5, 0.6) is 5.75 Å². The summed E-state index contributed by atoms with van der Waals surface area (Å²) in [5.41, 5.74) is -2.90. The number of nitrogens with zero attached hydrogens (tertiary/aromatic N) is 1. The molecule has 0 fully saturated rings. The summed E-state index contributed by atoms with van der Waals surface area (Å²) in [5, 5.41) is 0. The van der Waals surface area contributed by atoms with Gasteiger partial charge >= 0.3 is 6.18 Å². The fraction of sp³-hybridized carbons (Fsp3) is 0.375. The number of alkyl halides is 5. The van der Waals surface area contributed by atoms with Gasteiger partial charge in [-0.05, 0) is 0 Å². The Morgan fingerprint density at radius 1 is 1.31 bits per heavy atom. The molecular formula is C8H5F6NO. The molecule has 0 saturated heterocycles. The molecule has 0 saturated carbocycles. The average Bonchev–Trinajstić information content (AvgIpc) is 2.14. The zero-order valence-electron chi connectivity index (χ0n) is 7.78. The zero-order valence-corrected chi connectivity index (χ0v) is 7.78. The van der Waals surface area contributed by atoms with Gasteiger partial charge in [-0.2, -0.15) is 13.2 Å². The van der Waals surface area contributed by atoms with Gasteiger partial charge in [-0.1, -0.05) is 0 Å². The van der Waals surface area contributed by atoms with Crippen molar-refractivity contribution in [1.82, 2.24) is 4.98 Å². The van der Waals surface area contributed by atoms with E-state index in [1.165, 1.54) is 0 Å². The second-order valence-electron chi connectivity index (χ2n) is 2.70. The van der Waals surface area contributed by atoms with Crippen LogP contribution in [0, 0.1) is 5.82 Å². The number of methoxy groups -OCH3 is 1. The molecule has 0 aromatic carbocycles. The van der Waals surface area contributed by atoms with Crippen molar-refractivity contribution in [3.8, 4) is 5.75 Å². The molecule has 90 valence electrons. The number of aromatic nitrogens is 1. The Morgan fingerprint density at radius 2 is 1.88 bits per heavy atom.